The minimum atomic E-state index is -4.54. The maximum Gasteiger partial charge on any atom is 0.416 e. The Morgan fingerprint density at radius 2 is 1.83 bits per heavy atom. The number of carboxylic acid groups (broad SMARTS) is 1. The van der Waals surface area contributed by atoms with Crippen LogP contribution in [0.25, 0.3) is 0 Å². The highest BCUT2D eigenvalue weighted by molar-refractivity contribution is 5.95. The zero-order valence-corrected chi connectivity index (χ0v) is 9.24. The number of benzene rings is 1. The van der Waals surface area contributed by atoms with Crippen molar-refractivity contribution in [1.29, 1.82) is 0 Å². The second-order valence-electron chi connectivity index (χ2n) is 3.91. The Morgan fingerprint density at radius 1 is 1.22 bits per heavy atom. The first-order valence-corrected chi connectivity index (χ1v) is 5.24. The summed E-state index contributed by atoms with van der Waals surface area (Å²) in [4.78, 5) is 12.7. The number of aromatic carboxylic acids is 1. The summed E-state index contributed by atoms with van der Waals surface area (Å²) in [5.41, 5.74) is -0.968. The quantitative estimate of drug-likeness (QED) is 0.828. The van der Waals surface area contributed by atoms with Gasteiger partial charge in [-0.3, -0.25) is 0 Å². The Labute approximate surface area is 101 Å². The molecule has 0 amide bonds. The standard InChI is InChI=1S/C12H10F3NO2/c13-12(14,15)8-3-4-10(9(7-8)11(17)18)16-5-1-2-6-16/h1-4,7H,5-6H2,(H,17,18). The molecule has 0 radical (unpaired) electrons. The van der Waals surface area contributed by atoms with Crippen molar-refractivity contribution in [2.75, 3.05) is 18.0 Å². The second-order valence-corrected chi connectivity index (χ2v) is 3.91. The van der Waals surface area contributed by atoms with Crippen LogP contribution in [0.5, 0.6) is 0 Å². The lowest BCUT2D eigenvalue weighted by Crippen LogP contribution is -2.22. The average Bonchev–Trinajstić information content (AvgIpc) is 2.80. The monoisotopic (exact) mass is 257 g/mol. The first-order valence-electron chi connectivity index (χ1n) is 5.24. The molecule has 0 fully saturated rings. The van der Waals surface area contributed by atoms with Crippen molar-refractivity contribution < 1.29 is 23.1 Å². The summed E-state index contributed by atoms with van der Waals surface area (Å²) >= 11 is 0. The van der Waals surface area contributed by atoms with Crippen LogP contribution in [0, 0.1) is 0 Å². The highest BCUT2D eigenvalue weighted by Gasteiger charge is 2.32. The van der Waals surface area contributed by atoms with Crippen LogP contribution in [-0.4, -0.2) is 24.2 Å². The number of nitrogens with zero attached hydrogens (tertiary/aromatic N) is 1. The van der Waals surface area contributed by atoms with E-state index in [0.717, 1.165) is 6.07 Å². The van der Waals surface area contributed by atoms with Gasteiger partial charge in [0.25, 0.3) is 0 Å². The fourth-order valence-corrected chi connectivity index (χ4v) is 1.83. The highest BCUT2D eigenvalue weighted by atomic mass is 19.4. The molecule has 1 aliphatic heterocycles. The lowest BCUT2D eigenvalue weighted by molar-refractivity contribution is -0.137. The van der Waals surface area contributed by atoms with E-state index in [-0.39, 0.29) is 5.56 Å². The molecule has 0 aromatic heterocycles. The molecular weight excluding hydrogens is 247 g/mol. The Hall–Kier alpha value is -1.98. The van der Waals surface area contributed by atoms with E-state index in [1.807, 2.05) is 12.2 Å². The molecule has 3 nitrogen and oxygen atoms in total. The van der Waals surface area contributed by atoms with Crippen molar-refractivity contribution in [3.05, 3.63) is 41.5 Å². The van der Waals surface area contributed by atoms with Gasteiger partial charge in [0.1, 0.15) is 0 Å². The predicted octanol–water partition coefficient (Wildman–Crippen LogP) is 2.78. The van der Waals surface area contributed by atoms with Crippen molar-refractivity contribution in [1.82, 2.24) is 0 Å². The number of hydrogen-bond acceptors (Lipinski definition) is 2. The van der Waals surface area contributed by atoms with Gasteiger partial charge in [-0.2, -0.15) is 13.2 Å². The molecule has 1 aromatic carbocycles. The van der Waals surface area contributed by atoms with Gasteiger partial charge < -0.3 is 10.0 Å². The summed E-state index contributed by atoms with van der Waals surface area (Å²) in [7, 11) is 0. The van der Waals surface area contributed by atoms with Gasteiger partial charge in [-0.25, -0.2) is 4.79 Å². The highest BCUT2D eigenvalue weighted by Crippen LogP contribution is 2.33. The maximum atomic E-state index is 12.5. The maximum absolute atomic E-state index is 12.5. The van der Waals surface area contributed by atoms with E-state index >= 15 is 0 Å². The molecule has 0 unspecified atom stereocenters. The van der Waals surface area contributed by atoms with E-state index in [9.17, 15) is 18.0 Å². The van der Waals surface area contributed by atoms with Crippen LogP contribution in [0.15, 0.2) is 30.4 Å². The van der Waals surface area contributed by atoms with Gasteiger partial charge in [-0.15, -0.1) is 0 Å². The lowest BCUT2D eigenvalue weighted by Gasteiger charge is -2.21. The summed E-state index contributed by atoms with van der Waals surface area (Å²) in [6, 6.07) is 2.79. The number of alkyl halides is 3. The molecule has 1 aromatic rings. The zero-order chi connectivity index (χ0) is 13.3. The molecule has 1 aliphatic rings. The van der Waals surface area contributed by atoms with E-state index in [1.54, 1.807) is 4.90 Å². The van der Waals surface area contributed by atoms with Crippen LogP contribution < -0.4 is 4.90 Å². The van der Waals surface area contributed by atoms with Crippen LogP contribution in [0.3, 0.4) is 0 Å². The first kappa shape index (κ1) is 12.5. The third kappa shape index (κ3) is 2.32. The molecule has 96 valence electrons. The number of rotatable bonds is 2. The summed E-state index contributed by atoms with van der Waals surface area (Å²) in [5.74, 6) is -1.36. The molecule has 0 aliphatic carbocycles. The van der Waals surface area contributed by atoms with E-state index < -0.39 is 17.7 Å². The van der Waals surface area contributed by atoms with Gasteiger partial charge in [-0.1, -0.05) is 12.2 Å². The van der Waals surface area contributed by atoms with Crippen molar-refractivity contribution in [3.8, 4) is 0 Å². The van der Waals surface area contributed by atoms with E-state index in [2.05, 4.69) is 0 Å². The summed E-state index contributed by atoms with van der Waals surface area (Å²) < 4.78 is 37.6. The van der Waals surface area contributed by atoms with Crippen LogP contribution in [0.4, 0.5) is 18.9 Å². The molecule has 1 heterocycles. The number of carbonyl (C=O) groups is 1. The van der Waals surface area contributed by atoms with Crippen molar-refractivity contribution >= 4 is 11.7 Å². The van der Waals surface area contributed by atoms with Crippen molar-refractivity contribution in [3.63, 3.8) is 0 Å². The van der Waals surface area contributed by atoms with Crippen LogP contribution in [0.1, 0.15) is 15.9 Å². The topological polar surface area (TPSA) is 40.5 Å². The summed E-state index contributed by atoms with van der Waals surface area (Å²) in [6.45, 7) is 1.01. The normalized spacial score (nSPS) is 15.2. The molecule has 2 rings (SSSR count). The number of halogens is 3. The minimum absolute atomic E-state index is 0.306. The summed E-state index contributed by atoms with van der Waals surface area (Å²) in [5, 5.41) is 9.00. The van der Waals surface area contributed by atoms with E-state index in [0.29, 0.717) is 24.8 Å². The smallest absolute Gasteiger partial charge is 0.416 e. The molecular formula is C12H10F3NO2. The van der Waals surface area contributed by atoms with Gasteiger partial charge in [0.2, 0.25) is 0 Å². The Morgan fingerprint density at radius 3 is 2.33 bits per heavy atom. The SMILES string of the molecule is O=C(O)c1cc(C(F)(F)F)ccc1N1CC=CC1. The summed E-state index contributed by atoms with van der Waals surface area (Å²) in [6.07, 6.45) is -0.863. The fourth-order valence-electron chi connectivity index (χ4n) is 1.83. The van der Waals surface area contributed by atoms with Gasteiger partial charge in [0.05, 0.1) is 16.8 Å². The number of hydrogen-bond donors (Lipinski definition) is 1. The molecule has 0 spiro atoms. The molecule has 6 heteroatoms. The van der Waals surface area contributed by atoms with E-state index in [4.69, 9.17) is 5.11 Å². The predicted molar refractivity (Wildman–Crippen MR) is 59.8 cm³/mol. The van der Waals surface area contributed by atoms with Gasteiger partial charge >= 0.3 is 12.1 Å². The van der Waals surface area contributed by atoms with Crippen molar-refractivity contribution in [2.45, 2.75) is 6.18 Å². The van der Waals surface area contributed by atoms with Crippen LogP contribution >= 0.6 is 0 Å². The molecule has 0 saturated carbocycles. The number of carboxylic acids is 1. The van der Waals surface area contributed by atoms with Crippen LogP contribution in [0.2, 0.25) is 0 Å². The van der Waals surface area contributed by atoms with Crippen molar-refractivity contribution in [2.24, 2.45) is 0 Å². The van der Waals surface area contributed by atoms with E-state index in [1.165, 1.54) is 6.07 Å². The Balaban J connectivity index is 2.45. The van der Waals surface area contributed by atoms with Gasteiger partial charge in [0.15, 0.2) is 0 Å². The first-order chi connectivity index (χ1) is 8.39. The van der Waals surface area contributed by atoms with Gasteiger partial charge in [0, 0.05) is 13.1 Å². The Bertz CT molecular complexity index is 501. The third-order valence-corrected chi connectivity index (χ3v) is 2.71. The second kappa shape index (κ2) is 4.36. The lowest BCUT2D eigenvalue weighted by atomic mass is 10.1. The Kier molecular flexibility index (Phi) is 3.02. The van der Waals surface area contributed by atoms with Crippen LogP contribution in [-0.2, 0) is 6.18 Å². The fraction of sp³-hybridized carbons (Fsp3) is 0.250. The largest absolute Gasteiger partial charge is 0.478 e. The number of anilines is 1. The minimum Gasteiger partial charge on any atom is -0.478 e. The molecule has 0 atom stereocenters. The van der Waals surface area contributed by atoms with Gasteiger partial charge in [-0.05, 0) is 18.2 Å². The zero-order valence-electron chi connectivity index (χ0n) is 9.24. The molecule has 0 bridgehead atoms. The molecule has 1 N–H and O–H groups in total. The average molecular weight is 257 g/mol. The molecule has 18 heavy (non-hydrogen) atoms. The molecule has 0 saturated heterocycles. The third-order valence-electron chi connectivity index (χ3n) is 2.71.